The molecule has 0 aliphatic carbocycles. The summed E-state index contributed by atoms with van der Waals surface area (Å²) in [4.78, 5) is 0. The molecule has 4 nitrogen and oxygen atoms in total. The maximum atomic E-state index is 13.0. The minimum Gasteiger partial charge on any atom is -0.227 e. The Labute approximate surface area is 137 Å². The van der Waals surface area contributed by atoms with Gasteiger partial charge in [0.15, 0.2) is 0 Å². The molecule has 0 fully saturated rings. The van der Waals surface area contributed by atoms with Crippen molar-refractivity contribution in [3.05, 3.63) is 0 Å². The molecule has 0 radical (unpaired) electrons. The highest BCUT2D eigenvalue weighted by molar-refractivity contribution is 7.48. The Morgan fingerprint density at radius 2 is 0.654 bits per heavy atom. The van der Waals surface area contributed by atoms with Crippen molar-refractivity contribution in [1.29, 1.82) is 0 Å². The van der Waals surface area contributed by atoms with Crippen LogP contribution in [-0.4, -0.2) is 36.1 Å². The van der Waals surface area contributed by atoms with E-state index in [-0.39, 0.29) is 0 Å². The molecule has 0 aromatic rings. The predicted octanol–water partition coefficient (Wildman–Crippen LogP) is 5.89. The second-order valence-corrected chi connectivity index (χ2v) is 6.38. The number of rotatable bonds is 9. The third-order valence-corrected chi connectivity index (χ3v) is 3.57. The zero-order valence-corrected chi connectivity index (χ0v) is 13.5. The summed E-state index contributed by atoms with van der Waals surface area (Å²) in [7, 11) is -7.56. The topological polar surface area (TPSA) is 44.8 Å². The first-order valence-corrected chi connectivity index (χ1v) is 7.32. The molecule has 0 aromatic carbocycles. The largest absolute Gasteiger partial charge is 0.489 e. The Bertz CT molecular complexity index is 470. The second kappa shape index (κ2) is 6.71. The molecule has 17 heteroatoms. The molecule has 0 aliphatic heterocycles. The zero-order chi connectivity index (χ0) is 21.6. The van der Waals surface area contributed by atoms with Crippen molar-refractivity contribution in [3.8, 4) is 0 Å². The fraction of sp³-hybridized carbons (Fsp3) is 1.00. The SMILES string of the molecule is CC(F)(F)C(F)(F)OP(=O)(OC(F)(F)C(C)(F)F)OC(F)(F)C(C)(F)F. The van der Waals surface area contributed by atoms with Crippen LogP contribution in [0, 0.1) is 0 Å². The van der Waals surface area contributed by atoms with Gasteiger partial charge in [-0.2, -0.15) is 52.7 Å². The van der Waals surface area contributed by atoms with E-state index in [1.54, 1.807) is 0 Å². The lowest BCUT2D eigenvalue weighted by atomic mass is 10.4. The van der Waals surface area contributed by atoms with Crippen LogP contribution in [0.15, 0.2) is 0 Å². The van der Waals surface area contributed by atoms with Gasteiger partial charge in [0.2, 0.25) is 0 Å². The van der Waals surface area contributed by atoms with Gasteiger partial charge in [0, 0.05) is 20.8 Å². The van der Waals surface area contributed by atoms with Crippen LogP contribution < -0.4 is 0 Å². The van der Waals surface area contributed by atoms with Crippen molar-refractivity contribution < 1.29 is 70.8 Å². The number of hydrogen-bond acceptors (Lipinski definition) is 4. The van der Waals surface area contributed by atoms with Crippen molar-refractivity contribution in [2.45, 2.75) is 56.9 Å². The first kappa shape index (κ1) is 25.3. The summed E-state index contributed by atoms with van der Waals surface area (Å²) >= 11 is 0. The molecule has 0 rings (SSSR count). The van der Waals surface area contributed by atoms with Crippen LogP contribution in [0.3, 0.4) is 0 Å². The minimum atomic E-state index is -7.56. The Morgan fingerprint density at radius 3 is 0.769 bits per heavy atom. The smallest absolute Gasteiger partial charge is 0.227 e. The number of alkyl halides is 12. The standard InChI is InChI=1S/C9H9F12O4P/c1-4(10,11)7(16,17)23-26(22,24-8(18,19)5(2,12)13)25-9(20,21)6(3,14)15/h1-3H3. The fourth-order valence-corrected chi connectivity index (χ4v) is 2.15. The molecular formula is C9H9F12O4P. The van der Waals surface area contributed by atoms with Crippen molar-refractivity contribution in [1.82, 2.24) is 0 Å². The van der Waals surface area contributed by atoms with E-state index in [2.05, 4.69) is 13.6 Å². The van der Waals surface area contributed by atoms with Gasteiger partial charge >= 0.3 is 43.9 Å². The molecule has 0 unspecified atom stereocenters. The normalized spacial score (nSPS) is 16.1. The van der Waals surface area contributed by atoms with Crippen LogP contribution in [0.1, 0.15) is 20.8 Å². The summed E-state index contributed by atoms with van der Waals surface area (Å²) in [5, 5.41) is 0. The molecule has 0 spiro atoms. The summed E-state index contributed by atoms with van der Waals surface area (Å²) in [5.74, 6) is -16.3. The molecule has 0 aliphatic rings. The third-order valence-electron chi connectivity index (χ3n) is 2.21. The van der Waals surface area contributed by atoms with E-state index in [1.807, 2.05) is 0 Å². The van der Waals surface area contributed by atoms with Crippen molar-refractivity contribution >= 4 is 7.82 Å². The highest BCUT2D eigenvalue weighted by atomic mass is 31.2. The molecule has 0 atom stereocenters. The van der Waals surface area contributed by atoms with Crippen LogP contribution in [0.2, 0.25) is 0 Å². The predicted molar refractivity (Wildman–Crippen MR) is 57.6 cm³/mol. The summed E-state index contributed by atoms with van der Waals surface area (Å²) in [6.45, 7) is -2.09. The highest BCUT2D eigenvalue weighted by Crippen LogP contribution is 2.64. The van der Waals surface area contributed by atoms with Gasteiger partial charge in [-0.25, -0.2) is 18.1 Å². The van der Waals surface area contributed by atoms with Crippen LogP contribution in [-0.2, 0) is 18.1 Å². The lowest BCUT2D eigenvalue weighted by Gasteiger charge is -2.33. The van der Waals surface area contributed by atoms with Gasteiger partial charge in [0.1, 0.15) is 0 Å². The maximum absolute atomic E-state index is 13.0. The van der Waals surface area contributed by atoms with Crippen molar-refractivity contribution in [3.63, 3.8) is 0 Å². The molecule has 0 saturated heterocycles. The summed E-state index contributed by atoms with van der Waals surface area (Å²) in [5.41, 5.74) is 0. The fourth-order valence-electron chi connectivity index (χ4n) is 0.718. The molecule has 26 heavy (non-hydrogen) atoms. The van der Waals surface area contributed by atoms with E-state index >= 15 is 0 Å². The lowest BCUT2D eigenvalue weighted by molar-refractivity contribution is -0.357. The number of phosphoric acid groups is 1. The van der Waals surface area contributed by atoms with E-state index in [0.29, 0.717) is 0 Å². The molecule has 158 valence electrons. The van der Waals surface area contributed by atoms with Crippen LogP contribution in [0.4, 0.5) is 52.7 Å². The van der Waals surface area contributed by atoms with E-state index < -0.39 is 64.7 Å². The van der Waals surface area contributed by atoms with E-state index in [4.69, 9.17) is 0 Å². The van der Waals surface area contributed by atoms with Gasteiger partial charge in [0.05, 0.1) is 0 Å². The monoisotopic (exact) mass is 440 g/mol. The molecule has 0 N–H and O–H groups in total. The summed E-state index contributed by atoms with van der Waals surface area (Å²) < 4.78 is 172. The third kappa shape index (κ3) is 5.89. The van der Waals surface area contributed by atoms with E-state index in [9.17, 15) is 57.3 Å². The van der Waals surface area contributed by atoms with Gasteiger partial charge in [-0.1, -0.05) is 0 Å². The summed E-state index contributed by atoms with van der Waals surface area (Å²) in [6, 6.07) is 0. The molecular weight excluding hydrogens is 431 g/mol. The zero-order valence-electron chi connectivity index (χ0n) is 12.6. The van der Waals surface area contributed by atoms with Gasteiger partial charge in [-0.3, -0.25) is 0 Å². The lowest BCUT2D eigenvalue weighted by Crippen LogP contribution is -2.46. The van der Waals surface area contributed by atoms with Crippen LogP contribution >= 0.6 is 7.82 Å². The van der Waals surface area contributed by atoms with Crippen molar-refractivity contribution in [2.75, 3.05) is 0 Å². The van der Waals surface area contributed by atoms with E-state index in [1.165, 1.54) is 0 Å². The van der Waals surface area contributed by atoms with Gasteiger partial charge in [0.25, 0.3) is 0 Å². The Balaban J connectivity index is 6.10. The Kier molecular flexibility index (Phi) is 6.52. The van der Waals surface area contributed by atoms with Crippen molar-refractivity contribution in [2.24, 2.45) is 0 Å². The van der Waals surface area contributed by atoms with Gasteiger partial charge in [-0.15, -0.1) is 0 Å². The number of hydrogen-bond donors (Lipinski definition) is 0. The minimum absolute atomic E-state index is 0.698. The molecule has 0 bridgehead atoms. The molecule has 0 heterocycles. The summed E-state index contributed by atoms with van der Waals surface area (Å²) in [6.07, 6.45) is -18.6. The second-order valence-electron chi connectivity index (χ2n) is 4.94. The average Bonchev–Trinajstić information content (AvgIpc) is 2.19. The first-order valence-electron chi connectivity index (χ1n) is 5.86. The van der Waals surface area contributed by atoms with Crippen LogP contribution in [0.25, 0.3) is 0 Å². The molecule has 0 amide bonds. The average molecular weight is 440 g/mol. The first-order chi connectivity index (χ1) is 10.9. The maximum Gasteiger partial charge on any atom is 0.489 e. The number of halogens is 12. The quantitative estimate of drug-likeness (QED) is 0.332. The highest BCUT2D eigenvalue weighted by Gasteiger charge is 2.68. The Hall–Kier alpha value is -0.730. The number of phosphoric ester groups is 1. The van der Waals surface area contributed by atoms with Gasteiger partial charge < -0.3 is 0 Å². The molecule has 0 aromatic heterocycles. The van der Waals surface area contributed by atoms with Gasteiger partial charge in [-0.05, 0) is 0 Å². The van der Waals surface area contributed by atoms with Crippen LogP contribution in [0.5, 0.6) is 0 Å². The Morgan fingerprint density at radius 1 is 0.500 bits per heavy atom. The van der Waals surface area contributed by atoms with E-state index in [0.717, 1.165) is 0 Å². The molecule has 0 saturated carbocycles.